The first-order valence-corrected chi connectivity index (χ1v) is 9.38. The number of halogens is 3. The summed E-state index contributed by atoms with van der Waals surface area (Å²) in [5.41, 5.74) is 0. The van der Waals surface area contributed by atoms with Gasteiger partial charge in [0.15, 0.2) is 6.29 Å². The second-order valence-corrected chi connectivity index (χ2v) is 7.63. The molecule has 1 heterocycles. The van der Waals surface area contributed by atoms with Crippen molar-refractivity contribution in [3.8, 4) is 0 Å². The van der Waals surface area contributed by atoms with E-state index >= 15 is 0 Å². The van der Waals surface area contributed by atoms with Gasteiger partial charge in [-0.2, -0.15) is 17.5 Å². The van der Waals surface area contributed by atoms with Gasteiger partial charge < -0.3 is 40.1 Å². The molecule has 0 aromatic carbocycles. The molecular weight excluding hydrogens is 421 g/mol. The second-order valence-electron chi connectivity index (χ2n) is 4.85. The molecule has 0 aromatic rings. The van der Waals surface area contributed by atoms with Gasteiger partial charge in [0.25, 0.3) is 0 Å². The molecule has 7 N–H and O–H groups in total. The summed E-state index contributed by atoms with van der Waals surface area (Å²) in [4.78, 5) is 37.2. The number of aliphatic hydroxyl groups excluding tert-OH is 3. The minimum Gasteiger partial charge on any atom is -0.394 e. The predicted octanol–water partition coefficient (Wildman–Crippen LogP) is -2.30. The lowest BCUT2D eigenvalue weighted by molar-refractivity contribution is -0.250. The van der Waals surface area contributed by atoms with Crippen LogP contribution in [0.25, 0.3) is 0 Å². The molecule has 1 fully saturated rings. The zero-order valence-electron chi connectivity index (χ0n) is 12.3. The first-order valence-electron chi connectivity index (χ1n) is 6.35. The largest absolute Gasteiger partial charge is 0.483 e. The Kier molecular flexibility index (Phi) is 7.34. The number of amides is 1. The molecular formula is C8H14F3NO12P2. The van der Waals surface area contributed by atoms with Crippen molar-refractivity contribution in [3.63, 3.8) is 0 Å². The number of alkyl halides is 3. The van der Waals surface area contributed by atoms with Crippen molar-refractivity contribution in [2.75, 3.05) is 6.61 Å². The average Bonchev–Trinajstić information content (AvgIpc) is 2.42. The van der Waals surface area contributed by atoms with Gasteiger partial charge in [0.1, 0.15) is 24.4 Å². The van der Waals surface area contributed by atoms with E-state index in [1.54, 1.807) is 0 Å². The highest BCUT2D eigenvalue weighted by atomic mass is 31.3. The van der Waals surface area contributed by atoms with E-state index in [0.717, 1.165) is 5.32 Å². The molecule has 6 atom stereocenters. The normalized spacial score (nSPS) is 32.7. The number of phosphoric acid groups is 2. The molecule has 1 amide bonds. The zero-order chi connectivity index (χ0) is 20.5. The highest BCUT2D eigenvalue weighted by Gasteiger charge is 2.51. The molecule has 0 radical (unpaired) electrons. The first-order chi connectivity index (χ1) is 11.6. The van der Waals surface area contributed by atoms with Crippen LogP contribution < -0.4 is 5.32 Å². The summed E-state index contributed by atoms with van der Waals surface area (Å²) in [5.74, 6) is -2.66. The maximum atomic E-state index is 12.3. The Bertz CT molecular complexity index is 610. The van der Waals surface area contributed by atoms with Crippen molar-refractivity contribution in [2.45, 2.75) is 36.8 Å². The van der Waals surface area contributed by atoms with Crippen LogP contribution in [0.5, 0.6) is 0 Å². The molecule has 1 rings (SSSR count). The van der Waals surface area contributed by atoms with Crippen LogP contribution >= 0.6 is 15.6 Å². The second kappa shape index (κ2) is 8.16. The molecule has 0 spiro atoms. The number of rotatable bonds is 6. The van der Waals surface area contributed by atoms with Gasteiger partial charge in [-0.25, -0.2) is 9.13 Å². The van der Waals surface area contributed by atoms with Crippen LogP contribution in [0.3, 0.4) is 0 Å². The Morgan fingerprint density at radius 1 is 1.15 bits per heavy atom. The van der Waals surface area contributed by atoms with E-state index in [1.807, 2.05) is 0 Å². The van der Waals surface area contributed by atoms with Crippen LogP contribution in [0.1, 0.15) is 0 Å². The summed E-state index contributed by atoms with van der Waals surface area (Å²) < 4.78 is 71.4. The summed E-state index contributed by atoms with van der Waals surface area (Å²) >= 11 is 0. The topological polar surface area (TPSA) is 212 Å². The van der Waals surface area contributed by atoms with Crippen LogP contribution in [0, 0.1) is 0 Å². The molecule has 0 bridgehead atoms. The van der Waals surface area contributed by atoms with E-state index in [4.69, 9.17) is 14.9 Å². The van der Waals surface area contributed by atoms with Gasteiger partial charge in [-0.15, -0.1) is 0 Å². The molecule has 18 heteroatoms. The molecule has 1 aliphatic heterocycles. The van der Waals surface area contributed by atoms with E-state index in [0.29, 0.717) is 0 Å². The zero-order valence-corrected chi connectivity index (χ0v) is 14.0. The Hall–Kier alpha value is -0.640. The fourth-order valence-electron chi connectivity index (χ4n) is 1.84. The smallest absolute Gasteiger partial charge is 0.394 e. The lowest BCUT2D eigenvalue weighted by Crippen LogP contribution is -2.65. The summed E-state index contributed by atoms with van der Waals surface area (Å²) in [6.07, 6.45) is -14.0. The summed E-state index contributed by atoms with van der Waals surface area (Å²) in [6.45, 7) is -1.05. The van der Waals surface area contributed by atoms with Gasteiger partial charge in [-0.05, 0) is 0 Å². The predicted molar refractivity (Wildman–Crippen MR) is 69.8 cm³/mol. The SMILES string of the molecule is O=C(N[C@H]1C(OP(=O)(O)OP(=O)(O)O)O[C@H](CO)[C@@H](O)[C@@H]1O)C(F)(F)F. The molecule has 1 saturated heterocycles. The number of nitrogens with one attached hydrogen (secondary N) is 1. The maximum absolute atomic E-state index is 12.3. The summed E-state index contributed by atoms with van der Waals surface area (Å²) in [5, 5.41) is 29.5. The molecule has 2 unspecified atom stereocenters. The maximum Gasteiger partial charge on any atom is 0.483 e. The van der Waals surface area contributed by atoms with Gasteiger partial charge in [-0.3, -0.25) is 9.32 Å². The minimum absolute atomic E-state index is 1.05. The van der Waals surface area contributed by atoms with Crippen molar-refractivity contribution in [3.05, 3.63) is 0 Å². The standard InChI is InChI=1S/C8H14F3NO12P2/c9-8(10,11)7(16)12-3-5(15)4(14)2(1-13)22-6(3)23-26(20,21)24-25(17,18)19/h2-6,13-15H,1H2,(H,12,16)(H,20,21)(H2,17,18,19)/t2-,3-,4-,5-,6?/m1/s1. The van der Waals surface area contributed by atoms with Gasteiger partial charge in [-0.1, -0.05) is 0 Å². The van der Waals surface area contributed by atoms with E-state index in [9.17, 15) is 42.2 Å². The fourth-order valence-corrected chi connectivity index (χ4v) is 3.52. The van der Waals surface area contributed by atoms with Crippen molar-refractivity contribution >= 4 is 21.6 Å². The van der Waals surface area contributed by atoms with E-state index in [2.05, 4.69) is 13.6 Å². The van der Waals surface area contributed by atoms with Gasteiger partial charge in [0.05, 0.1) is 6.61 Å². The Labute approximate surface area is 142 Å². The number of phosphoric ester groups is 1. The molecule has 26 heavy (non-hydrogen) atoms. The number of carbonyl (C=O) groups excluding carboxylic acids is 1. The number of hydrogen-bond donors (Lipinski definition) is 7. The number of aliphatic hydroxyl groups is 3. The summed E-state index contributed by atoms with van der Waals surface area (Å²) in [7, 11) is -11.3. The Morgan fingerprint density at radius 2 is 1.69 bits per heavy atom. The Balaban J connectivity index is 3.09. The average molecular weight is 435 g/mol. The van der Waals surface area contributed by atoms with Gasteiger partial charge in [0.2, 0.25) is 0 Å². The monoisotopic (exact) mass is 435 g/mol. The van der Waals surface area contributed by atoms with Gasteiger partial charge in [0, 0.05) is 0 Å². The number of hydrogen-bond acceptors (Lipinski definition) is 9. The van der Waals surface area contributed by atoms with E-state index in [-0.39, 0.29) is 0 Å². The lowest BCUT2D eigenvalue weighted by atomic mass is 9.97. The molecule has 0 aromatic heterocycles. The third kappa shape index (κ3) is 6.51. The Morgan fingerprint density at radius 3 is 2.12 bits per heavy atom. The van der Waals surface area contributed by atoms with Crippen LogP contribution in [0.2, 0.25) is 0 Å². The van der Waals surface area contributed by atoms with Crippen LogP contribution in [-0.4, -0.2) is 79.3 Å². The number of carbonyl (C=O) groups is 1. The summed E-state index contributed by atoms with van der Waals surface area (Å²) in [6, 6.07) is -2.33. The van der Waals surface area contributed by atoms with E-state index in [1.165, 1.54) is 0 Å². The molecule has 1 aliphatic rings. The lowest BCUT2D eigenvalue weighted by Gasteiger charge is -2.42. The number of ether oxygens (including phenoxy) is 1. The van der Waals surface area contributed by atoms with Crippen molar-refractivity contribution in [2.24, 2.45) is 0 Å². The van der Waals surface area contributed by atoms with Crippen LogP contribution in [0.15, 0.2) is 0 Å². The third-order valence-corrected chi connectivity index (χ3v) is 5.03. The fraction of sp³-hybridized carbons (Fsp3) is 0.875. The molecule has 0 saturated carbocycles. The molecule has 13 nitrogen and oxygen atoms in total. The van der Waals surface area contributed by atoms with Crippen molar-refractivity contribution < 1.29 is 70.7 Å². The van der Waals surface area contributed by atoms with Crippen molar-refractivity contribution in [1.82, 2.24) is 5.32 Å². The van der Waals surface area contributed by atoms with Crippen LogP contribution in [-0.2, 0) is 27.5 Å². The van der Waals surface area contributed by atoms with Gasteiger partial charge >= 0.3 is 27.7 Å². The van der Waals surface area contributed by atoms with Crippen molar-refractivity contribution in [1.29, 1.82) is 0 Å². The van der Waals surface area contributed by atoms with Crippen LogP contribution in [0.4, 0.5) is 13.2 Å². The third-order valence-electron chi connectivity index (χ3n) is 2.88. The minimum atomic E-state index is -5.68. The van der Waals surface area contributed by atoms with E-state index < -0.39 is 65.0 Å². The first kappa shape index (κ1) is 23.4. The molecule has 154 valence electrons. The quantitative estimate of drug-likeness (QED) is 0.220. The highest BCUT2D eigenvalue weighted by Crippen LogP contribution is 2.58. The highest BCUT2D eigenvalue weighted by molar-refractivity contribution is 7.60. The molecule has 0 aliphatic carbocycles.